The molecule has 0 aliphatic carbocycles. The van der Waals surface area contributed by atoms with Crippen LogP contribution in [-0.4, -0.2) is 17.4 Å². The van der Waals surface area contributed by atoms with Gasteiger partial charge in [0, 0.05) is 18.3 Å². The maximum Gasteiger partial charge on any atom is 0.170 e. The maximum atomic E-state index is 12.5. The molecule has 0 radical (unpaired) electrons. The number of hydrogen-bond acceptors (Lipinski definition) is 3. The van der Waals surface area contributed by atoms with Gasteiger partial charge in [0.25, 0.3) is 0 Å². The summed E-state index contributed by atoms with van der Waals surface area (Å²) >= 11 is 0. The van der Waals surface area contributed by atoms with Crippen LogP contribution in [0.4, 0.5) is 0 Å². The first kappa shape index (κ1) is 11.9. The van der Waals surface area contributed by atoms with Crippen LogP contribution in [0.15, 0.2) is 48.8 Å². The highest BCUT2D eigenvalue weighted by Gasteiger charge is 2.26. The predicted octanol–water partition coefficient (Wildman–Crippen LogP) is 2.91. The van der Waals surface area contributed by atoms with Gasteiger partial charge < -0.3 is 4.74 Å². The molecule has 3 nitrogen and oxygen atoms in total. The van der Waals surface area contributed by atoms with E-state index in [0.717, 1.165) is 18.4 Å². The lowest BCUT2D eigenvalue weighted by molar-refractivity contribution is 0.0915. The zero-order valence-electron chi connectivity index (χ0n) is 10.6. The number of para-hydroxylation sites is 1. The summed E-state index contributed by atoms with van der Waals surface area (Å²) in [7, 11) is 0. The molecule has 1 aromatic heterocycles. The van der Waals surface area contributed by atoms with Crippen LogP contribution in [0.3, 0.4) is 0 Å². The molecular weight excluding hydrogens is 238 g/mol. The third-order valence-corrected chi connectivity index (χ3v) is 3.48. The Morgan fingerprint density at radius 3 is 2.79 bits per heavy atom. The average Bonchev–Trinajstić information content (AvgIpc) is 2.61. The monoisotopic (exact) mass is 253 g/mol. The van der Waals surface area contributed by atoms with Crippen LogP contribution in [0, 0.1) is 5.92 Å². The molecule has 0 spiro atoms. The summed E-state index contributed by atoms with van der Waals surface area (Å²) in [4.78, 5) is 16.5. The molecule has 1 aromatic carbocycles. The van der Waals surface area contributed by atoms with E-state index in [9.17, 15) is 4.79 Å². The minimum absolute atomic E-state index is 0.00829. The number of aromatic nitrogens is 1. The molecule has 1 unspecified atom stereocenters. The number of fused-ring (bicyclic) bond motifs is 1. The number of carbonyl (C=O) groups is 1. The van der Waals surface area contributed by atoms with Gasteiger partial charge in [-0.1, -0.05) is 12.1 Å². The molecule has 0 bridgehead atoms. The Balaban J connectivity index is 1.86. The van der Waals surface area contributed by atoms with Gasteiger partial charge in [-0.15, -0.1) is 0 Å². The number of benzene rings is 1. The third kappa shape index (κ3) is 2.50. The molecule has 3 rings (SSSR count). The molecular formula is C16H15NO2. The van der Waals surface area contributed by atoms with E-state index in [2.05, 4.69) is 4.98 Å². The van der Waals surface area contributed by atoms with Gasteiger partial charge in [-0.3, -0.25) is 9.78 Å². The summed E-state index contributed by atoms with van der Waals surface area (Å²) in [6, 6.07) is 11.4. The Morgan fingerprint density at radius 1 is 1.16 bits per heavy atom. The number of ketones is 1. The van der Waals surface area contributed by atoms with Crippen LogP contribution in [0.25, 0.3) is 0 Å². The van der Waals surface area contributed by atoms with Crippen molar-refractivity contribution >= 4 is 5.78 Å². The summed E-state index contributed by atoms with van der Waals surface area (Å²) in [5, 5.41) is 0. The molecule has 19 heavy (non-hydrogen) atoms. The Labute approximate surface area is 112 Å². The number of hydrogen-bond donors (Lipinski definition) is 0. The summed E-state index contributed by atoms with van der Waals surface area (Å²) in [6.07, 6.45) is 5.04. The van der Waals surface area contributed by atoms with Gasteiger partial charge in [0.2, 0.25) is 0 Å². The van der Waals surface area contributed by atoms with Crippen molar-refractivity contribution in [2.75, 3.05) is 6.61 Å². The molecule has 0 N–H and O–H groups in total. The summed E-state index contributed by atoms with van der Waals surface area (Å²) < 4.78 is 5.65. The van der Waals surface area contributed by atoms with Crippen LogP contribution in [-0.2, 0) is 6.42 Å². The molecule has 2 heterocycles. The van der Waals surface area contributed by atoms with Gasteiger partial charge in [0.15, 0.2) is 5.78 Å². The zero-order valence-corrected chi connectivity index (χ0v) is 10.6. The molecule has 2 aromatic rings. The Morgan fingerprint density at radius 2 is 1.95 bits per heavy atom. The van der Waals surface area contributed by atoms with Gasteiger partial charge >= 0.3 is 0 Å². The second kappa shape index (κ2) is 5.22. The number of carbonyl (C=O) groups excluding carboxylic acids is 1. The highest BCUT2D eigenvalue weighted by molar-refractivity contribution is 6.00. The predicted molar refractivity (Wildman–Crippen MR) is 72.3 cm³/mol. The summed E-state index contributed by atoms with van der Waals surface area (Å²) in [5.41, 5.74) is 1.85. The first-order chi connectivity index (χ1) is 9.34. The zero-order chi connectivity index (χ0) is 13.1. The quantitative estimate of drug-likeness (QED) is 0.826. The number of ether oxygens (including phenoxy) is 1. The van der Waals surface area contributed by atoms with Crippen molar-refractivity contribution in [2.24, 2.45) is 5.92 Å². The second-order valence-electron chi connectivity index (χ2n) is 4.75. The third-order valence-electron chi connectivity index (χ3n) is 3.48. The number of pyridine rings is 1. The standard InChI is InChI=1S/C16H15NO2/c18-16-13(11-12-5-8-17-9-6-12)7-10-19-15-4-2-1-3-14(15)16/h1-6,8-9,13H,7,10-11H2. The molecule has 0 amide bonds. The van der Waals surface area contributed by atoms with Gasteiger partial charge in [0.05, 0.1) is 12.2 Å². The van der Waals surface area contributed by atoms with Crippen molar-refractivity contribution < 1.29 is 9.53 Å². The Hall–Kier alpha value is -2.16. The second-order valence-corrected chi connectivity index (χ2v) is 4.75. The van der Waals surface area contributed by atoms with Crippen LogP contribution in [0.1, 0.15) is 22.3 Å². The molecule has 0 saturated carbocycles. The normalized spacial score (nSPS) is 18.3. The van der Waals surface area contributed by atoms with Gasteiger partial charge in [-0.2, -0.15) is 0 Å². The highest BCUT2D eigenvalue weighted by atomic mass is 16.5. The maximum absolute atomic E-state index is 12.5. The largest absolute Gasteiger partial charge is 0.493 e. The van der Waals surface area contributed by atoms with Crippen molar-refractivity contribution in [3.63, 3.8) is 0 Å². The summed E-state index contributed by atoms with van der Waals surface area (Å²) in [5.74, 6) is 0.890. The molecule has 96 valence electrons. The van der Waals surface area contributed by atoms with Gasteiger partial charge in [-0.05, 0) is 42.7 Å². The molecule has 0 fully saturated rings. The van der Waals surface area contributed by atoms with E-state index in [1.54, 1.807) is 12.4 Å². The molecule has 0 saturated heterocycles. The van der Waals surface area contributed by atoms with Crippen molar-refractivity contribution in [1.29, 1.82) is 0 Å². The number of rotatable bonds is 2. The fraction of sp³-hybridized carbons (Fsp3) is 0.250. The van der Waals surface area contributed by atoms with Crippen molar-refractivity contribution in [1.82, 2.24) is 4.98 Å². The van der Waals surface area contributed by atoms with E-state index < -0.39 is 0 Å². The summed E-state index contributed by atoms with van der Waals surface area (Å²) in [6.45, 7) is 0.596. The highest BCUT2D eigenvalue weighted by Crippen LogP contribution is 2.28. The Kier molecular flexibility index (Phi) is 3.27. The lowest BCUT2D eigenvalue weighted by Gasteiger charge is -2.12. The number of Topliss-reactive ketones (excluding diaryl/α,β-unsaturated/α-hetero) is 1. The minimum atomic E-state index is -0.00829. The minimum Gasteiger partial charge on any atom is -0.493 e. The van der Waals surface area contributed by atoms with Gasteiger partial charge in [-0.25, -0.2) is 0 Å². The van der Waals surface area contributed by atoms with E-state index in [4.69, 9.17) is 4.74 Å². The first-order valence-corrected chi connectivity index (χ1v) is 6.49. The molecule has 3 heteroatoms. The van der Waals surface area contributed by atoms with Crippen LogP contribution >= 0.6 is 0 Å². The number of nitrogens with zero attached hydrogens (tertiary/aromatic N) is 1. The lowest BCUT2D eigenvalue weighted by Crippen LogP contribution is -2.17. The van der Waals surface area contributed by atoms with E-state index in [1.807, 2.05) is 36.4 Å². The topological polar surface area (TPSA) is 39.2 Å². The fourth-order valence-electron chi connectivity index (χ4n) is 2.46. The van der Waals surface area contributed by atoms with Crippen LogP contribution in [0.2, 0.25) is 0 Å². The molecule has 1 aliphatic heterocycles. The van der Waals surface area contributed by atoms with E-state index in [1.165, 1.54) is 0 Å². The van der Waals surface area contributed by atoms with Gasteiger partial charge in [0.1, 0.15) is 5.75 Å². The van der Waals surface area contributed by atoms with E-state index >= 15 is 0 Å². The van der Waals surface area contributed by atoms with Crippen molar-refractivity contribution in [3.8, 4) is 5.75 Å². The van der Waals surface area contributed by atoms with Crippen molar-refractivity contribution in [3.05, 3.63) is 59.9 Å². The average molecular weight is 253 g/mol. The molecule has 1 atom stereocenters. The van der Waals surface area contributed by atoms with Crippen molar-refractivity contribution in [2.45, 2.75) is 12.8 Å². The molecule has 1 aliphatic rings. The SMILES string of the molecule is O=C1c2ccccc2OCCC1Cc1ccncc1. The smallest absolute Gasteiger partial charge is 0.170 e. The lowest BCUT2D eigenvalue weighted by atomic mass is 9.90. The Bertz CT molecular complexity index is 580. The van der Waals surface area contributed by atoms with E-state index in [0.29, 0.717) is 17.9 Å². The van der Waals surface area contributed by atoms with E-state index in [-0.39, 0.29) is 11.7 Å². The van der Waals surface area contributed by atoms with Crippen LogP contribution in [0.5, 0.6) is 5.75 Å². The first-order valence-electron chi connectivity index (χ1n) is 6.49. The van der Waals surface area contributed by atoms with Crippen LogP contribution < -0.4 is 4.74 Å². The fourth-order valence-corrected chi connectivity index (χ4v) is 2.46.